The Labute approximate surface area is 201 Å². The first-order valence-corrected chi connectivity index (χ1v) is 11.9. The number of hydrogen-bond acceptors (Lipinski definition) is 6. The summed E-state index contributed by atoms with van der Waals surface area (Å²) in [7, 11) is 3.99. The zero-order valence-corrected chi connectivity index (χ0v) is 19.7. The van der Waals surface area contributed by atoms with Crippen molar-refractivity contribution in [1.29, 1.82) is 0 Å². The number of nitrogens with zero attached hydrogens (tertiary/aromatic N) is 4. The number of carboxylic acid groups (broad SMARTS) is 1. The molecule has 3 aromatic carbocycles. The molecule has 2 aliphatic rings. The van der Waals surface area contributed by atoms with Gasteiger partial charge < -0.3 is 10.0 Å². The number of fused-ring (bicyclic) bond motifs is 1. The van der Waals surface area contributed by atoms with Crippen LogP contribution in [-0.2, 0) is 9.59 Å². The van der Waals surface area contributed by atoms with Crippen LogP contribution in [0, 0.1) is 0 Å². The van der Waals surface area contributed by atoms with E-state index in [1.807, 2.05) is 31.1 Å². The first kappa shape index (κ1) is 22.2. The van der Waals surface area contributed by atoms with Crippen molar-refractivity contribution in [3.8, 4) is 0 Å². The highest BCUT2D eigenvalue weighted by atomic mass is 32.2. The second-order valence-electron chi connectivity index (χ2n) is 8.60. The second kappa shape index (κ2) is 8.95. The Hall–Kier alpha value is -3.65. The third-order valence-electron chi connectivity index (χ3n) is 6.07. The summed E-state index contributed by atoms with van der Waals surface area (Å²) < 4.78 is 0. The predicted octanol–water partition coefficient (Wildman–Crippen LogP) is 4.53. The minimum Gasteiger partial charge on any atom is -0.481 e. The average Bonchev–Trinajstić information content (AvgIpc) is 3.42. The maximum Gasteiger partial charge on any atom is 0.305 e. The minimum absolute atomic E-state index is 0.139. The Morgan fingerprint density at radius 3 is 2.53 bits per heavy atom. The van der Waals surface area contributed by atoms with E-state index < -0.39 is 17.1 Å². The second-order valence-corrected chi connectivity index (χ2v) is 9.77. The van der Waals surface area contributed by atoms with Crippen LogP contribution in [0.4, 0.5) is 5.69 Å². The molecule has 0 bridgehead atoms. The fourth-order valence-electron chi connectivity index (χ4n) is 4.25. The van der Waals surface area contributed by atoms with E-state index in [0.29, 0.717) is 11.6 Å². The van der Waals surface area contributed by atoms with Crippen molar-refractivity contribution in [2.75, 3.05) is 19.0 Å². The van der Waals surface area contributed by atoms with Gasteiger partial charge in [-0.1, -0.05) is 60.3 Å². The number of amidine groups is 1. The molecule has 2 unspecified atom stereocenters. The molecule has 2 atom stereocenters. The number of carbonyl (C=O) groups is 2. The molecule has 0 spiro atoms. The maximum absolute atomic E-state index is 12.4. The van der Waals surface area contributed by atoms with Crippen LogP contribution in [-0.4, -0.2) is 52.2 Å². The normalized spacial score (nSPS) is 19.9. The lowest BCUT2D eigenvalue weighted by molar-refractivity contribution is -0.138. The number of carboxylic acids is 1. The number of aliphatic imine (C=N–C) groups is 1. The van der Waals surface area contributed by atoms with Crippen LogP contribution >= 0.6 is 11.8 Å². The summed E-state index contributed by atoms with van der Waals surface area (Å²) >= 11 is 1.18. The van der Waals surface area contributed by atoms with Crippen molar-refractivity contribution in [1.82, 2.24) is 5.01 Å². The lowest BCUT2D eigenvalue weighted by Gasteiger charge is -2.23. The van der Waals surface area contributed by atoms with Gasteiger partial charge in [-0.05, 0) is 40.1 Å². The molecule has 1 N–H and O–H groups in total. The highest BCUT2D eigenvalue weighted by Crippen LogP contribution is 2.39. The van der Waals surface area contributed by atoms with E-state index in [-0.39, 0.29) is 12.5 Å². The summed E-state index contributed by atoms with van der Waals surface area (Å²) in [5.74, 6) is -1.43. The number of carbonyl (C=O) groups excluding carboxylic acids is 1. The molecule has 172 valence electrons. The molecule has 0 radical (unpaired) electrons. The molecule has 0 saturated heterocycles. The van der Waals surface area contributed by atoms with Gasteiger partial charge in [0.1, 0.15) is 5.25 Å². The van der Waals surface area contributed by atoms with Gasteiger partial charge in [-0.2, -0.15) is 10.1 Å². The highest BCUT2D eigenvalue weighted by molar-refractivity contribution is 8.15. The predicted molar refractivity (Wildman–Crippen MR) is 137 cm³/mol. The monoisotopic (exact) mass is 472 g/mol. The number of amides is 1. The molecule has 8 heteroatoms. The van der Waals surface area contributed by atoms with Crippen molar-refractivity contribution < 1.29 is 14.7 Å². The van der Waals surface area contributed by atoms with E-state index >= 15 is 0 Å². The fraction of sp³-hybridized carbons (Fsp3) is 0.231. The van der Waals surface area contributed by atoms with Crippen LogP contribution in [0.25, 0.3) is 10.8 Å². The number of hydrogen-bond donors (Lipinski definition) is 1. The van der Waals surface area contributed by atoms with Gasteiger partial charge in [-0.3, -0.25) is 9.59 Å². The van der Waals surface area contributed by atoms with Crippen LogP contribution in [0.5, 0.6) is 0 Å². The Morgan fingerprint density at radius 2 is 1.82 bits per heavy atom. The number of hydrazone groups is 1. The van der Waals surface area contributed by atoms with Crippen molar-refractivity contribution in [2.45, 2.75) is 24.1 Å². The van der Waals surface area contributed by atoms with E-state index in [1.54, 1.807) is 5.01 Å². The molecular formula is C26H24N4O3S. The summed E-state index contributed by atoms with van der Waals surface area (Å²) in [5.41, 5.74) is 4.08. The number of benzene rings is 3. The molecule has 0 aromatic heterocycles. The van der Waals surface area contributed by atoms with Crippen molar-refractivity contribution in [3.05, 3.63) is 77.9 Å². The standard InChI is InChI=1S/C26H24N4O3S/c1-29(2)20-11-9-17(10-12-20)22-14-21(19-8-7-16-5-3-4-6-18(16)13-19)28-30(22)26-27-25(33)23(34-26)15-24(31)32/h3-13,22-23H,14-15H2,1-2H3,(H,31,32). The summed E-state index contributed by atoms with van der Waals surface area (Å²) in [6, 6.07) is 22.6. The van der Waals surface area contributed by atoms with Crippen molar-refractivity contribution >= 4 is 51.0 Å². The molecular weight excluding hydrogens is 448 g/mol. The molecule has 2 heterocycles. The minimum atomic E-state index is -1.01. The van der Waals surface area contributed by atoms with Gasteiger partial charge in [0.05, 0.1) is 18.2 Å². The summed E-state index contributed by atoms with van der Waals surface area (Å²) in [6.45, 7) is 0. The van der Waals surface area contributed by atoms with Gasteiger partial charge >= 0.3 is 5.97 Å². The third-order valence-corrected chi connectivity index (χ3v) is 7.21. The van der Waals surface area contributed by atoms with E-state index in [1.165, 1.54) is 11.8 Å². The van der Waals surface area contributed by atoms with Gasteiger partial charge in [0.15, 0.2) is 5.17 Å². The maximum atomic E-state index is 12.4. The van der Waals surface area contributed by atoms with Crippen LogP contribution in [0.3, 0.4) is 0 Å². The van der Waals surface area contributed by atoms with Gasteiger partial charge in [-0.25, -0.2) is 5.01 Å². The molecule has 3 aromatic rings. The van der Waals surface area contributed by atoms with Gasteiger partial charge in [0, 0.05) is 26.2 Å². The largest absolute Gasteiger partial charge is 0.481 e. The molecule has 2 aliphatic heterocycles. The zero-order valence-electron chi connectivity index (χ0n) is 18.9. The van der Waals surface area contributed by atoms with Crippen molar-refractivity contribution in [2.24, 2.45) is 10.1 Å². The zero-order chi connectivity index (χ0) is 23.8. The first-order chi connectivity index (χ1) is 16.4. The SMILES string of the molecule is CN(C)c1ccc(C2CC(c3ccc4ccccc4c3)=NN2C2=NC(=O)C(CC(=O)O)S2)cc1. The van der Waals surface area contributed by atoms with Gasteiger partial charge in [0.25, 0.3) is 5.91 Å². The molecule has 0 fully saturated rings. The number of rotatable bonds is 5. The lowest BCUT2D eigenvalue weighted by atomic mass is 9.97. The average molecular weight is 473 g/mol. The Bertz CT molecular complexity index is 1330. The number of aliphatic carboxylic acids is 1. The molecule has 34 heavy (non-hydrogen) atoms. The van der Waals surface area contributed by atoms with E-state index in [4.69, 9.17) is 10.2 Å². The summed E-state index contributed by atoms with van der Waals surface area (Å²) in [6.07, 6.45) is 0.394. The number of anilines is 1. The van der Waals surface area contributed by atoms with Gasteiger partial charge in [0.2, 0.25) is 0 Å². The van der Waals surface area contributed by atoms with E-state index in [9.17, 15) is 9.59 Å². The summed E-state index contributed by atoms with van der Waals surface area (Å²) in [5, 5.41) is 17.9. The van der Waals surface area contributed by atoms with Crippen LogP contribution in [0.2, 0.25) is 0 Å². The first-order valence-electron chi connectivity index (χ1n) is 11.0. The number of thioether (sulfide) groups is 1. The Morgan fingerprint density at radius 1 is 1.09 bits per heavy atom. The Kier molecular flexibility index (Phi) is 5.83. The fourth-order valence-corrected chi connectivity index (χ4v) is 5.30. The molecule has 1 amide bonds. The quantitative estimate of drug-likeness (QED) is 0.587. The van der Waals surface area contributed by atoms with Crippen molar-refractivity contribution in [3.63, 3.8) is 0 Å². The molecule has 0 saturated carbocycles. The Balaban J connectivity index is 1.50. The molecule has 5 rings (SSSR count). The van der Waals surface area contributed by atoms with Gasteiger partial charge in [-0.15, -0.1) is 0 Å². The van der Waals surface area contributed by atoms with Crippen LogP contribution in [0.15, 0.2) is 76.8 Å². The summed E-state index contributed by atoms with van der Waals surface area (Å²) in [4.78, 5) is 29.8. The third kappa shape index (κ3) is 4.28. The topological polar surface area (TPSA) is 85.6 Å². The van der Waals surface area contributed by atoms with Crippen LogP contribution in [0.1, 0.15) is 30.0 Å². The molecule has 7 nitrogen and oxygen atoms in total. The van der Waals surface area contributed by atoms with E-state index in [2.05, 4.69) is 59.6 Å². The van der Waals surface area contributed by atoms with Crippen LogP contribution < -0.4 is 4.90 Å². The molecule has 0 aliphatic carbocycles. The smallest absolute Gasteiger partial charge is 0.305 e. The van der Waals surface area contributed by atoms with E-state index in [0.717, 1.165) is 33.3 Å². The highest BCUT2D eigenvalue weighted by Gasteiger charge is 2.39. The lowest BCUT2D eigenvalue weighted by Crippen LogP contribution is -2.24.